The number of carbonyl (C=O) groups is 2. The van der Waals surface area contributed by atoms with Crippen LogP contribution >= 0.6 is 0 Å². The van der Waals surface area contributed by atoms with E-state index in [1.54, 1.807) is 19.1 Å². The van der Waals surface area contributed by atoms with Crippen LogP contribution in [-0.4, -0.2) is 82.2 Å². The minimum absolute atomic E-state index is 0. The maximum Gasteiger partial charge on any atom is 0.490 e. The first kappa shape index (κ1) is 33.9. The molecule has 2 N–H and O–H groups in total. The molecule has 3 heterocycles. The summed E-state index contributed by atoms with van der Waals surface area (Å²) in [5.74, 6) is -0.549. The topological polar surface area (TPSA) is 135 Å². The fourth-order valence-electron chi connectivity index (χ4n) is 4.51. The molecule has 230 valence electrons. The van der Waals surface area contributed by atoms with Gasteiger partial charge in [-0.25, -0.2) is 9.18 Å². The average Bonchev–Trinajstić information content (AvgIpc) is 3.52. The number of rotatable bonds is 11. The molecule has 0 radical (unpaired) electrons. The van der Waals surface area contributed by atoms with Gasteiger partial charge in [-0.15, -0.1) is 0 Å². The van der Waals surface area contributed by atoms with Gasteiger partial charge >= 0.3 is 12.1 Å². The Hall–Kier alpha value is -3.26. The van der Waals surface area contributed by atoms with Gasteiger partial charge in [-0.3, -0.25) is 9.69 Å². The van der Waals surface area contributed by atoms with E-state index in [9.17, 15) is 27.5 Å². The van der Waals surface area contributed by atoms with Crippen molar-refractivity contribution in [2.45, 2.75) is 71.3 Å². The second-order valence-electron chi connectivity index (χ2n) is 9.74. The number of halogens is 4. The molecule has 2 aromatic rings. The summed E-state index contributed by atoms with van der Waals surface area (Å²) in [5.41, 5.74) is 0.680. The van der Waals surface area contributed by atoms with Gasteiger partial charge in [-0.1, -0.05) is 18.6 Å². The first-order valence-electron chi connectivity index (χ1n) is 13.0. The number of ether oxygens (including phenoxy) is 2. The number of aliphatic hydroxyl groups is 1. The van der Waals surface area contributed by atoms with Crippen LogP contribution in [0.3, 0.4) is 0 Å². The molecular formula is C27H37F4N3O7. The van der Waals surface area contributed by atoms with Crippen LogP contribution in [0.4, 0.5) is 17.6 Å². The Morgan fingerprint density at radius 2 is 1.85 bits per heavy atom. The van der Waals surface area contributed by atoms with Crippen molar-refractivity contribution >= 4 is 11.8 Å². The number of Topliss-reactive ketones (excluding diaryl/α,β-unsaturated/α-hetero) is 1. The summed E-state index contributed by atoms with van der Waals surface area (Å²) in [7, 11) is 0. The Balaban J connectivity index is 0.000000655. The van der Waals surface area contributed by atoms with Crippen LogP contribution < -0.4 is 9.47 Å². The summed E-state index contributed by atoms with van der Waals surface area (Å²) in [4.78, 5) is 27.8. The number of ketones is 1. The van der Waals surface area contributed by atoms with Gasteiger partial charge in [0.2, 0.25) is 5.89 Å². The minimum atomic E-state index is -5.08. The van der Waals surface area contributed by atoms with Gasteiger partial charge in [0.1, 0.15) is 25.2 Å². The highest BCUT2D eigenvalue weighted by Crippen LogP contribution is 2.36. The number of hydrogen-bond donors (Lipinski definition) is 2. The van der Waals surface area contributed by atoms with Crippen molar-refractivity contribution in [3.8, 4) is 11.5 Å². The monoisotopic (exact) mass is 591 g/mol. The predicted octanol–water partition coefficient (Wildman–Crippen LogP) is 4.48. The normalized spacial score (nSPS) is 18.0. The third-order valence-electron chi connectivity index (χ3n) is 6.46. The van der Waals surface area contributed by atoms with E-state index in [0.29, 0.717) is 87.3 Å². The quantitative estimate of drug-likeness (QED) is 0.284. The van der Waals surface area contributed by atoms with Crippen molar-refractivity contribution in [3.05, 3.63) is 35.5 Å². The molecule has 0 aliphatic carbocycles. The van der Waals surface area contributed by atoms with Crippen LogP contribution in [0.5, 0.6) is 11.5 Å². The molecule has 1 aromatic heterocycles. The molecule has 0 spiro atoms. The molecule has 14 heteroatoms. The van der Waals surface area contributed by atoms with Crippen LogP contribution in [0.2, 0.25) is 0 Å². The van der Waals surface area contributed by atoms with Crippen LogP contribution in [0.1, 0.15) is 62.9 Å². The van der Waals surface area contributed by atoms with Crippen molar-refractivity contribution in [2.75, 3.05) is 32.8 Å². The highest BCUT2D eigenvalue weighted by atomic mass is 19.4. The Labute approximate surface area is 235 Å². The first-order valence-corrected chi connectivity index (χ1v) is 13.0. The number of unbranched alkanes of at least 4 members (excludes halogenated alkanes) is 1. The minimum Gasteiger partial charge on any atom is -0.486 e. The van der Waals surface area contributed by atoms with E-state index in [-0.39, 0.29) is 25.5 Å². The van der Waals surface area contributed by atoms with Crippen LogP contribution in [0, 0.1) is 12.8 Å². The molecular weight excluding hydrogens is 554 g/mol. The number of fused-ring (bicyclic) bond motifs is 1. The number of aliphatic hydroxyl groups excluding tert-OH is 1. The maximum atomic E-state index is 13.7. The number of likely N-dealkylation sites (tertiary alicyclic amines) is 1. The molecule has 2 aliphatic heterocycles. The van der Waals surface area contributed by atoms with Crippen molar-refractivity contribution in [3.63, 3.8) is 0 Å². The first-order chi connectivity index (χ1) is 18.9. The van der Waals surface area contributed by atoms with Gasteiger partial charge in [0, 0.05) is 44.8 Å². The summed E-state index contributed by atoms with van der Waals surface area (Å²) in [5, 5.41) is 22.1. The molecule has 1 saturated heterocycles. The molecule has 0 bridgehead atoms. The Bertz CT molecular complexity index is 1130. The Kier molecular flexibility index (Phi) is 13.0. The molecule has 0 amide bonds. The van der Waals surface area contributed by atoms with Gasteiger partial charge in [0.05, 0.1) is 6.10 Å². The van der Waals surface area contributed by atoms with E-state index in [1.165, 1.54) is 0 Å². The number of nitrogens with zero attached hydrogens (tertiary/aromatic N) is 3. The number of aromatic nitrogens is 2. The number of aliphatic carboxylic acids is 1. The van der Waals surface area contributed by atoms with Gasteiger partial charge in [0.25, 0.3) is 0 Å². The molecule has 4 rings (SSSR count). The predicted molar refractivity (Wildman–Crippen MR) is 138 cm³/mol. The number of carboxylic acids is 1. The maximum absolute atomic E-state index is 13.7. The fourth-order valence-corrected chi connectivity index (χ4v) is 4.51. The van der Waals surface area contributed by atoms with E-state index in [2.05, 4.69) is 10.1 Å². The second kappa shape index (κ2) is 15.7. The van der Waals surface area contributed by atoms with E-state index < -0.39 is 24.4 Å². The van der Waals surface area contributed by atoms with Gasteiger partial charge in [-0.2, -0.15) is 18.2 Å². The molecule has 1 aromatic carbocycles. The number of aryl methyl sites for hydroxylation is 2. The smallest absolute Gasteiger partial charge is 0.486 e. The number of hydrogen-bond acceptors (Lipinski definition) is 9. The number of benzene rings is 1. The highest BCUT2D eigenvalue weighted by molar-refractivity contribution is 5.78. The lowest BCUT2D eigenvalue weighted by atomic mass is 9.89. The van der Waals surface area contributed by atoms with Crippen molar-refractivity contribution < 1.29 is 51.4 Å². The van der Waals surface area contributed by atoms with Gasteiger partial charge < -0.3 is 24.2 Å². The largest absolute Gasteiger partial charge is 0.490 e. The molecule has 0 unspecified atom stereocenters. The third kappa shape index (κ3) is 10.9. The van der Waals surface area contributed by atoms with Crippen molar-refractivity contribution in [1.29, 1.82) is 0 Å². The molecule has 3 atom stereocenters. The lowest BCUT2D eigenvalue weighted by Gasteiger charge is -2.28. The molecule has 1 fully saturated rings. The SMILES string of the molecule is C.Cc1noc(CCCCC(=O)C[C@H](CN2CC[C@@H](F)C2)[C@H](O)c2ccc3c(c2)OCCO3)n1.O=C(O)C(F)(F)F. The number of carboxylic acid groups (broad SMARTS) is 1. The lowest BCUT2D eigenvalue weighted by molar-refractivity contribution is -0.192. The highest BCUT2D eigenvalue weighted by Gasteiger charge is 2.38. The zero-order valence-corrected chi connectivity index (χ0v) is 22.0. The number of alkyl halides is 4. The summed E-state index contributed by atoms with van der Waals surface area (Å²) >= 11 is 0. The van der Waals surface area contributed by atoms with E-state index in [4.69, 9.17) is 23.9 Å². The zero-order chi connectivity index (χ0) is 29.3. The fraction of sp³-hybridized carbons (Fsp3) is 0.630. The van der Waals surface area contributed by atoms with Crippen LogP contribution in [0.25, 0.3) is 0 Å². The molecule has 10 nitrogen and oxygen atoms in total. The Morgan fingerprint density at radius 1 is 1.17 bits per heavy atom. The van der Waals surface area contributed by atoms with Crippen LogP contribution in [-0.2, 0) is 16.0 Å². The average molecular weight is 592 g/mol. The summed E-state index contributed by atoms with van der Waals surface area (Å²) in [6.45, 7) is 4.20. The molecule has 0 saturated carbocycles. The standard InChI is InChI=1S/C24H32FN3O5.C2HF3O2.CH4/c1-16-26-23(33-27-16)5-3-2-4-20(29)12-18(14-28-9-8-19(25)15-28)24(30)17-6-7-21-22(13-17)32-11-10-31-21;3-2(4,5)1(6)7;/h6-7,13,18-19,24,30H,2-5,8-12,14-15H2,1H3;(H,6,7);1H4/t18-,19-,24-;;/m1../s1. The summed E-state index contributed by atoms with van der Waals surface area (Å²) < 4.78 is 61.8. The Morgan fingerprint density at radius 3 is 2.44 bits per heavy atom. The second-order valence-corrected chi connectivity index (χ2v) is 9.74. The van der Waals surface area contributed by atoms with E-state index in [0.717, 1.165) is 6.42 Å². The van der Waals surface area contributed by atoms with Crippen LogP contribution in [0.15, 0.2) is 22.7 Å². The summed E-state index contributed by atoms with van der Waals surface area (Å²) in [6.07, 6.45) is -3.50. The van der Waals surface area contributed by atoms with E-state index >= 15 is 0 Å². The van der Waals surface area contributed by atoms with Crippen molar-refractivity contribution in [1.82, 2.24) is 15.0 Å². The number of carbonyl (C=O) groups excluding carboxylic acids is 1. The van der Waals surface area contributed by atoms with Gasteiger partial charge in [0.15, 0.2) is 17.3 Å². The van der Waals surface area contributed by atoms with E-state index in [1.807, 2.05) is 11.0 Å². The third-order valence-corrected chi connectivity index (χ3v) is 6.46. The molecule has 41 heavy (non-hydrogen) atoms. The lowest BCUT2D eigenvalue weighted by Crippen LogP contribution is -2.32. The summed E-state index contributed by atoms with van der Waals surface area (Å²) in [6, 6.07) is 5.38. The zero-order valence-electron chi connectivity index (χ0n) is 22.0. The van der Waals surface area contributed by atoms with Crippen molar-refractivity contribution in [2.24, 2.45) is 5.92 Å². The molecule has 2 aliphatic rings. The van der Waals surface area contributed by atoms with Gasteiger partial charge in [-0.05, 0) is 43.9 Å².